The molecule has 0 spiro atoms. The highest BCUT2D eigenvalue weighted by Crippen LogP contribution is 2.34. The zero-order chi connectivity index (χ0) is 22.4. The molecule has 4 nitrogen and oxygen atoms in total. The number of anilines is 1. The van der Waals surface area contributed by atoms with Gasteiger partial charge in [-0.25, -0.2) is 4.98 Å². The van der Waals surface area contributed by atoms with Crippen LogP contribution < -0.4 is 10.2 Å². The van der Waals surface area contributed by atoms with Crippen LogP contribution in [0.15, 0.2) is 48.2 Å². The van der Waals surface area contributed by atoms with Gasteiger partial charge < -0.3 is 10.2 Å². The lowest BCUT2D eigenvalue weighted by Crippen LogP contribution is -2.31. The van der Waals surface area contributed by atoms with Crippen molar-refractivity contribution in [2.24, 2.45) is 5.92 Å². The van der Waals surface area contributed by atoms with Crippen LogP contribution in [0.2, 0.25) is 0 Å². The molecule has 166 valence electrons. The van der Waals surface area contributed by atoms with Gasteiger partial charge in [-0.2, -0.15) is 13.2 Å². The fraction of sp³-hybridized carbons (Fsp3) is 0.417. The van der Waals surface area contributed by atoms with Crippen molar-refractivity contribution >= 4 is 17.7 Å². The summed E-state index contributed by atoms with van der Waals surface area (Å²) in [4.78, 5) is 18.6. The summed E-state index contributed by atoms with van der Waals surface area (Å²) >= 11 is 0. The van der Waals surface area contributed by atoms with Gasteiger partial charge in [-0.1, -0.05) is 43.7 Å². The number of carbonyl (C=O) groups excluding carboxylic acids is 1. The van der Waals surface area contributed by atoms with Gasteiger partial charge in [-0.15, -0.1) is 0 Å². The number of halogens is 3. The molecule has 0 atom stereocenters. The normalized spacial score (nSPS) is 14.6. The smallest absolute Gasteiger partial charge is 0.370 e. The summed E-state index contributed by atoms with van der Waals surface area (Å²) in [5, 5.41) is 2.87. The van der Waals surface area contributed by atoms with E-state index in [-0.39, 0.29) is 11.5 Å². The highest BCUT2D eigenvalue weighted by atomic mass is 19.4. The summed E-state index contributed by atoms with van der Waals surface area (Å²) in [7, 11) is 0. The van der Waals surface area contributed by atoms with Crippen molar-refractivity contribution < 1.29 is 18.0 Å². The third-order valence-corrected chi connectivity index (χ3v) is 5.38. The number of amides is 1. The largest absolute Gasteiger partial charge is 0.416 e. The first-order valence-electron chi connectivity index (χ1n) is 10.6. The topological polar surface area (TPSA) is 45.2 Å². The molecule has 1 aliphatic rings. The minimum absolute atomic E-state index is 0.181. The molecule has 7 heteroatoms. The number of aromatic nitrogens is 1. The van der Waals surface area contributed by atoms with E-state index in [4.69, 9.17) is 0 Å². The third-order valence-electron chi connectivity index (χ3n) is 5.38. The summed E-state index contributed by atoms with van der Waals surface area (Å²) < 4.78 is 39.6. The lowest BCUT2D eigenvalue weighted by atomic mass is 9.98. The van der Waals surface area contributed by atoms with Gasteiger partial charge in [0.05, 0.1) is 17.4 Å². The Morgan fingerprint density at radius 2 is 1.87 bits per heavy atom. The zero-order valence-electron chi connectivity index (χ0n) is 17.9. The van der Waals surface area contributed by atoms with E-state index in [0.29, 0.717) is 44.1 Å². The van der Waals surface area contributed by atoms with Crippen molar-refractivity contribution in [3.8, 4) is 0 Å². The molecule has 1 aliphatic heterocycles. The highest BCUT2D eigenvalue weighted by molar-refractivity contribution is 5.92. The maximum absolute atomic E-state index is 13.2. The predicted octanol–water partition coefficient (Wildman–Crippen LogP) is 5.56. The summed E-state index contributed by atoms with van der Waals surface area (Å²) in [6, 6.07) is 9.26. The van der Waals surface area contributed by atoms with Crippen LogP contribution >= 0.6 is 0 Å². The number of pyridine rings is 1. The zero-order valence-corrected chi connectivity index (χ0v) is 17.9. The minimum Gasteiger partial charge on any atom is -0.370 e. The number of benzene rings is 1. The minimum atomic E-state index is -4.36. The molecule has 1 amide bonds. The van der Waals surface area contributed by atoms with Crippen LogP contribution in [0.25, 0.3) is 6.08 Å². The summed E-state index contributed by atoms with van der Waals surface area (Å²) in [6.07, 6.45) is 1.28. The van der Waals surface area contributed by atoms with Crippen LogP contribution in [0, 0.1) is 5.92 Å². The molecule has 1 saturated heterocycles. The van der Waals surface area contributed by atoms with Crippen LogP contribution in [0.4, 0.5) is 18.9 Å². The SMILES string of the molecule is CC(C)CCNC(=O)c1ccc(N2CCC(=Cc3ccccc3C(F)(F)F)CC2)cn1. The average molecular weight is 432 g/mol. The molecule has 1 aromatic heterocycles. The van der Waals surface area contributed by atoms with Crippen LogP contribution in [0.1, 0.15) is 54.7 Å². The van der Waals surface area contributed by atoms with Gasteiger partial charge in [0, 0.05) is 19.6 Å². The van der Waals surface area contributed by atoms with E-state index in [9.17, 15) is 18.0 Å². The molecule has 3 rings (SSSR count). The number of nitrogens with zero attached hydrogens (tertiary/aromatic N) is 2. The number of rotatable bonds is 6. The number of carbonyl (C=O) groups is 1. The van der Waals surface area contributed by atoms with Crippen molar-refractivity contribution in [2.45, 2.75) is 39.3 Å². The molecular weight excluding hydrogens is 403 g/mol. The van der Waals surface area contributed by atoms with Crippen molar-refractivity contribution in [1.82, 2.24) is 10.3 Å². The van der Waals surface area contributed by atoms with Gasteiger partial charge in [0.15, 0.2) is 0 Å². The van der Waals surface area contributed by atoms with Crippen LogP contribution in [0.5, 0.6) is 0 Å². The predicted molar refractivity (Wildman–Crippen MR) is 117 cm³/mol. The van der Waals surface area contributed by atoms with E-state index in [1.54, 1.807) is 24.4 Å². The van der Waals surface area contributed by atoms with E-state index in [2.05, 4.69) is 29.0 Å². The molecular formula is C24H28F3N3O. The molecule has 2 aromatic rings. The first kappa shape index (κ1) is 22.8. The van der Waals surface area contributed by atoms with Crippen molar-refractivity contribution in [3.63, 3.8) is 0 Å². The van der Waals surface area contributed by atoms with E-state index in [1.807, 2.05) is 6.07 Å². The molecule has 2 heterocycles. The monoisotopic (exact) mass is 431 g/mol. The Labute approximate surface area is 181 Å². The molecule has 0 aliphatic carbocycles. The number of alkyl halides is 3. The summed E-state index contributed by atoms with van der Waals surface area (Å²) in [5.41, 5.74) is 1.91. The molecule has 0 saturated carbocycles. The van der Waals surface area contributed by atoms with Crippen LogP contribution in [-0.4, -0.2) is 30.5 Å². The van der Waals surface area contributed by atoms with Gasteiger partial charge in [0.2, 0.25) is 0 Å². The van der Waals surface area contributed by atoms with Crippen molar-refractivity contribution in [1.29, 1.82) is 0 Å². The quantitative estimate of drug-likeness (QED) is 0.651. The molecule has 0 radical (unpaired) electrons. The van der Waals surface area contributed by atoms with Gasteiger partial charge in [0.25, 0.3) is 5.91 Å². The van der Waals surface area contributed by atoms with Gasteiger partial charge in [-0.05, 0) is 48.9 Å². The van der Waals surface area contributed by atoms with Gasteiger partial charge >= 0.3 is 6.18 Å². The van der Waals surface area contributed by atoms with Crippen molar-refractivity contribution in [2.75, 3.05) is 24.5 Å². The first-order valence-corrected chi connectivity index (χ1v) is 10.6. The number of hydrogen-bond donors (Lipinski definition) is 1. The molecule has 1 aromatic carbocycles. The van der Waals surface area contributed by atoms with E-state index >= 15 is 0 Å². The second kappa shape index (κ2) is 9.98. The Morgan fingerprint density at radius 1 is 1.16 bits per heavy atom. The van der Waals surface area contributed by atoms with Crippen LogP contribution in [-0.2, 0) is 6.18 Å². The van der Waals surface area contributed by atoms with E-state index in [1.165, 1.54) is 12.1 Å². The summed E-state index contributed by atoms with van der Waals surface area (Å²) in [5.74, 6) is 0.343. The van der Waals surface area contributed by atoms with E-state index < -0.39 is 11.7 Å². The second-order valence-corrected chi connectivity index (χ2v) is 8.21. The first-order chi connectivity index (χ1) is 14.7. The van der Waals surface area contributed by atoms with E-state index in [0.717, 1.165) is 23.7 Å². The molecule has 0 bridgehead atoms. The van der Waals surface area contributed by atoms with Gasteiger partial charge in [0.1, 0.15) is 5.69 Å². The Balaban J connectivity index is 1.59. The third kappa shape index (κ3) is 6.32. The standard InChI is InChI=1S/C24H28F3N3O/c1-17(2)9-12-28-23(31)22-8-7-20(16-29-22)30-13-10-18(11-14-30)15-19-5-3-4-6-21(19)24(25,26)27/h3-8,15-17H,9-14H2,1-2H3,(H,28,31). The second-order valence-electron chi connectivity index (χ2n) is 8.21. The molecule has 0 unspecified atom stereocenters. The lowest BCUT2D eigenvalue weighted by Gasteiger charge is -2.30. The number of hydrogen-bond acceptors (Lipinski definition) is 3. The maximum atomic E-state index is 13.2. The van der Waals surface area contributed by atoms with Crippen molar-refractivity contribution in [3.05, 3.63) is 65.0 Å². The number of nitrogens with one attached hydrogen (secondary N) is 1. The molecule has 1 N–H and O–H groups in total. The fourth-order valence-corrected chi connectivity index (χ4v) is 3.57. The Hall–Kier alpha value is -2.83. The highest BCUT2D eigenvalue weighted by Gasteiger charge is 2.32. The summed E-state index contributed by atoms with van der Waals surface area (Å²) in [6.45, 7) is 6.23. The number of piperidine rings is 1. The maximum Gasteiger partial charge on any atom is 0.416 e. The Bertz CT molecular complexity index is 910. The fourth-order valence-electron chi connectivity index (χ4n) is 3.57. The molecule has 31 heavy (non-hydrogen) atoms. The Morgan fingerprint density at radius 3 is 2.48 bits per heavy atom. The van der Waals surface area contributed by atoms with Gasteiger partial charge in [-0.3, -0.25) is 4.79 Å². The lowest BCUT2D eigenvalue weighted by molar-refractivity contribution is -0.137. The Kier molecular flexibility index (Phi) is 7.36. The van der Waals surface area contributed by atoms with Crippen LogP contribution in [0.3, 0.4) is 0 Å². The molecule has 1 fully saturated rings. The average Bonchev–Trinajstić information content (AvgIpc) is 2.74.